The zero-order valence-electron chi connectivity index (χ0n) is 16.1. The monoisotopic (exact) mass is 403 g/mol. The van der Waals surface area contributed by atoms with Gasteiger partial charge in [0.15, 0.2) is 0 Å². The number of carboxylic acids is 1. The van der Waals surface area contributed by atoms with Crippen molar-refractivity contribution in [3.63, 3.8) is 0 Å². The maximum Gasteiger partial charge on any atom is 0.303 e. The van der Waals surface area contributed by atoms with Gasteiger partial charge in [-0.1, -0.05) is 42.5 Å². The summed E-state index contributed by atoms with van der Waals surface area (Å²) in [5.74, 6) is 0.0780. The molecule has 1 aromatic carbocycles. The summed E-state index contributed by atoms with van der Waals surface area (Å²) in [5.41, 5.74) is 1.17. The number of thiocarbonyl (C=S) groups is 1. The molecule has 6 heteroatoms. The van der Waals surface area contributed by atoms with E-state index >= 15 is 0 Å². The van der Waals surface area contributed by atoms with Crippen LogP contribution >= 0.6 is 12.2 Å². The SMILES string of the molecule is O=C(O)CCC/C=C\C[C@@H]1[C@H](COC(=S)NCc2ccccc2)[C@@H]2CC[C@H]1O2. The molecule has 2 aliphatic heterocycles. The molecule has 2 aliphatic rings. The molecule has 1 aromatic rings. The number of carbonyl (C=O) groups is 1. The summed E-state index contributed by atoms with van der Waals surface area (Å²) in [4.78, 5) is 10.6. The van der Waals surface area contributed by atoms with E-state index in [0.29, 0.717) is 42.7 Å². The van der Waals surface area contributed by atoms with Gasteiger partial charge in [-0.2, -0.15) is 0 Å². The number of nitrogens with one attached hydrogen (secondary N) is 1. The highest BCUT2D eigenvalue weighted by Gasteiger charge is 2.48. The third kappa shape index (κ3) is 6.04. The lowest BCUT2D eigenvalue weighted by Gasteiger charge is -2.27. The van der Waals surface area contributed by atoms with Crippen molar-refractivity contribution in [3.8, 4) is 0 Å². The van der Waals surface area contributed by atoms with Crippen LogP contribution in [0.1, 0.15) is 44.1 Å². The lowest BCUT2D eigenvalue weighted by molar-refractivity contribution is -0.137. The highest BCUT2D eigenvalue weighted by molar-refractivity contribution is 7.80. The van der Waals surface area contributed by atoms with E-state index in [4.69, 9.17) is 26.8 Å². The fourth-order valence-electron chi connectivity index (χ4n) is 4.16. The summed E-state index contributed by atoms with van der Waals surface area (Å²) in [6.07, 6.45) is 9.75. The molecule has 2 saturated heterocycles. The summed E-state index contributed by atoms with van der Waals surface area (Å²) in [7, 11) is 0. The first kappa shape index (κ1) is 20.8. The quantitative estimate of drug-likeness (QED) is 0.349. The third-order valence-electron chi connectivity index (χ3n) is 5.61. The number of ether oxygens (including phenoxy) is 2. The third-order valence-corrected chi connectivity index (χ3v) is 5.88. The van der Waals surface area contributed by atoms with Crippen LogP contribution < -0.4 is 5.32 Å². The first-order valence-corrected chi connectivity index (χ1v) is 10.5. The highest BCUT2D eigenvalue weighted by Crippen LogP contribution is 2.45. The Labute approximate surface area is 172 Å². The summed E-state index contributed by atoms with van der Waals surface area (Å²) >= 11 is 5.33. The van der Waals surface area contributed by atoms with E-state index in [9.17, 15) is 4.79 Å². The highest BCUT2D eigenvalue weighted by atomic mass is 32.1. The zero-order chi connectivity index (χ0) is 19.8. The van der Waals surface area contributed by atoms with Gasteiger partial charge in [0.05, 0.1) is 18.8 Å². The van der Waals surface area contributed by atoms with Crippen molar-refractivity contribution in [2.75, 3.05) is 6.61 Å². The van der Waals surface area contributed by atoms with Crippen LogP contribution in [0.5, 0.6) is 0 Å². The fraction of sp³-hybridized carbons (Fsp3) is 0.545. The molecule has 0 aromatic heterocycles. The first-order chi connectivity index (χ1) is 13.6. The number of unbranched alkanes of at least 4 members (excludes halogenated alkanes) is 1. The molecule has 0 unspecified atom stereocenters. The average Bonchev–Trinajstić information content (AvgIpc) is 3.30. The maximum absolute atomic E-state index is 10.6. The van der Waals surface area contributed by atoms with Crippen molar-refractivity contribution in [1.29, 1.82) is 0 Å². The van der Waals surface area contributed by atoms with Crippen molar-refractivity contribution in [2.24, 2.45) is 11.8 Å². The number of benzene rings is 1. The Hall–Kier alpha value is -1.92. The van der Waals surface area contributed by atoms with Gasteiger partial charge < -0.3 is 19.9 Å². The van der Waals surface area contributed by atoms with E-state index in [1.54, 1.807) is 0 Å². The van der Waals surface area contributed by atoms with E-state index in [1.165, 1.54) is 5.56 Å². The summed E-state index contributed by atoms with van der Waals surface area (Å²) in [6.45, 7) is 1.24. The predicted octanol–water partition coefficient (Wildman–Crippen LogP) is 4.07. The molecule has 0 radical (unpaired) electrons. The molecule has 152 valence electrons. The average molecular weight is 404 g/mol. The molecule has 2 bridgehead atoms. The van der Waals surface area contributed by atoms with Crippen molar-refractivity contribution < 1.29 is 19.4 Å². The largest absolute Gasteiger partial charge is 0.481 e. The van der Waals surface area contributed by atoms with Crippen LogP contribution in [0.15, 0.2) is 42.5 Å². The molecule has 5 nitrogen and oxygen atoms in total. The molecule has 2 heterocycles. The molecule has 3 rings (SSSR count). The Morgan fingerprint density at radius 1 is 1.21 bits per heavy atom. The van der Waals surface area contributed by atoms with Gasteiger partial charge in [0.2, 0.25) is 0 Å². The van der Waals surface area contributed by atoms with Crippen molar-refractivity contribution >= 4 is 23.4 Å². The minimum absolute atomic E-state index is 0.228. The van der Waals surface area contributed by atoms with Crippen molar-refractivity contribution in [2.45, 2.75) is 57.3 Å². The summed E-state index contributed by atoms with van der Waals surface area (Å²) in [5, 5.41) is 12.3. The first-order valence-electron chi connectivity index (χ1n) is 10.1. The van der Waals surface area contributed by atoms with Crippen molar-refractivity contribution in [3.05, 3.63) is 48.0 Å². The standard InChI is InChI=1S/C22H29NO4S/c24-21(25)11-7-2-1-6-10-17-18(20-13-12-19(17)27-20)15-26-22(28)23-14-16-8-4-3-5-9-16/h1,3-6,8-9,17-20H,2,7,10-15H2,(H,23,28)(H,24,25)/b6-1-/t17-,18+,19-,20+/m1/s1. The summed E-state index contributed by atoms with van der Waals surface area (Å²) in [6, 6.07) is 10.1. The second-order valence-electron chi connectivity index (χ2n) is 7.55. The van der Waals surface area contributed by atoms with Crippen LogP contribution in [0.4, 0.5) is 0 Å². The Bertz CT molecular complexity index is 678. The Kier molecular flexibility index (Phi) is 7.86. The van der Waals surface area contributed by atoms with Crippen LogP contribution in [-0.2, 0) is 20.8 Å². The lowest BCUT2D eigenvalue weighted by Crippen LogP contribution is -2.33. The number of fused-ring (bicyclic) bond motifs is 2. The van der Waals surface area contributed by atoms with E-state index < -0.39 is 5.97 Å². The van der Waals surface area contributed by atoms with Crippen LogP contribution in [0.25, 0.3) is 0 Å². The van der Waals surface area contributed by atoms with E-state index in [-0.39, 0.29) is 12.5 Å². The van der Waals surface area contributed by atoms with Gasteiger partial charge >= 0.3 is 5.97 Å². The molecule has 0 amide bonds. The van der Waals surface area contributed by atoms with Crippen LogP contribution in [-0.4, -0.2) is 35.1 Å². The fourth-order valence-corrected chi connectivity index (χ4v) is 4.30. The normalized spacial score (nSPS) is 25.9. The molecule has 2 fully saturated rings. The Morgan fingerprint density at radius 3 is 2.71 bits per heavy atom. The topological polar surface area (TPSA) is 67.8 Å². The molecule has 0 saturated carbocycles. The van der Waals surface area contributed by atoms with Gasteiger partial charge in [-0.3, -0.25) is 4.79 Å². The molecule has 2 N–H and O–H groups in total. The van der Waals surface area contributed by atoms with Gasteiger partial charge in [-0.25, -0.2) is 0 Å². The smallest absolute Gasteiger partial charge is 0.303 e. The van der Waals surface area contributed by atoms with Gasteiger partial charge in [0, 0.05) is 18.9 Å². The zero-order valence-corrected chi connectivity index (χ0v) is 16.9. The van der Waals surface area contributed by atoms with Gasteiger partial charge in [-0.05, 0) is 55.8 Å². The summed E-state index contributed by atoms with van der Waals surface area (Å²) < 4.78 is 12.0. The number of carboxylic acid groups (broad SMARTS) is 1. The van der Waals surface area contributed by atoms with Crippen molar-refractivity contribution in [1.82, 2.24) is 5.32 Å². The second-order valence-corrected chi connectivity index (χ2v) is 7.92. The predicted molar refractivity (Wildman–Crippen MR) is 112 cm³/mol. The van der Waals surface area contributed by atoms with E-state index in [0.717, 1.165) is 25.7 Å². The van der Waals surface area contributed by atoms with Crippen LogP contribution in [0, 0.1) is 11.8 Å². The van der Waals surface area contributed by atoms with Crippen LogP contribution in [0.3, 0.4) is 0 Å². The number of allylic oxidation sites excluding steroid dienone is 2. The molecular formula is C22H29NO4S. The Morgan fingerprint density at radius 2 is 1.96 bits per heavy atom. The number of rotatable bonds is 10. The van der Waals surface area contributed by atoms with E-state index in [2.05, 4.69) is 29.6 Å². The number of hydrogen-bond acceptors (Lipinski definition) is 4. The molecule has 4 atom stereocenters. The minimum Gasteiger partial charge on any atom is -0.481 e. The molecule has 0 aliphatic carbocycles. The van der Waals surface area contributed by atoms with Crippen LogP contribution in [0.2, 0.25) is 0 Å². The molecule has 0 spiro atoms. The number of hydrogen-bond donors (Lipinski definition) is 2. The molecule has 28 heavy (non-hydrogen) atoms. The van der Waals surface area contributed by atoms with Gasteiger partial charge in [0.25, 0.3) is 5.17 Å². The maximum atomic E-state index is 10.6. The second kappa shape index (κ2) is 10.6. The molecular weight excluding hydrogens is 374 g/mol. The minimum atomic E-state index is -0.732. The van der Waals surface area contributed by atoms with Gasteiger partial charge in [0.1, 0.15) is 0 Å². The number of aliphatic carboxylic acids is 1. The lowest BCUT2D eigenvalue weighted by atomic mass is 9.78. The van der Waals surface area contributed by atoms with Gasteiger partial charge in [-0.15, -0.1) is 0 Å². The van der Waals surface area contributed by atoms with E-state index in [1.807, 2.05) is 18.2 Å². The Balaban J connectivity index is 1.40.